The van der Waals surface area contributed by atoms with E-state index in [1.807, 2.05) is 6.92 Å². The van der Waals surface area contributed by atoms with Crippen LogP contribution in [0.25, 0.3) is 10.8 Å². The Morgan fingerprint density at radius 2 is 1.86 bits per heavy atom. The molecule has 0 fully saturated rings. The number of halogens is 3. The minimum Gasteiger partial charge on any atom is -0.494 e. The van der Waals surface area contributed by atoms with Crippen LogP contribution in [0.15, 0.2) is 36.4 Å². The average molecular weight is 298 g/mol. The van der Waals surface area contributed by atoms with Crippen LogP contribution >= 0.6 is 0 Å². The monoisotopic (exact) mass is 298 g/mol. The van der Waals surface area contributed by atoms with Crippen LogP contribution in [-0.2, 0) is 5.60 Å². The third-order valence-corrected chi connectivity index (χ3v) is 3.40. The smallest absolute Gasteiger partial charge is 0.421 e. The van der Waals surface area contributed by atoms with Crippen molar-refractivity contribution >= 4 is 10.8 Å². The molecule has 114 valence electrons. The first-order valence-electron chi connectivity index (χ1n) is 6.72. The minimum absolute atomic E-state index is 0.172. The maximum Gasteiger partial charge on any atom is 0.421 e. The molecule has 2 aromatic rings. The maximum absolute atomic E-state index is 13.1. The quantitative estimate of drug-likeness (QED) is 0.906. The topological polar surface area (TPSA) is 29.5 Å². The first kappa shape index (κ1) is 15.6. The second-order valence-corrected chi connectivity index (χ2v) is 5.11. The van der Waals surface area contributed by atoms with Crippen LogP contribution in [0.1, 0.15) is 25.8 Å². The molecule has 0 saturated heterocycles. The number of hydrogen-bond donors (Lipinski definition) is 1. The Labute approximate surface area is 121 Å². The number of aliphatic hydroxyl groups is 1. The van der Waals surface area contributed by atoms with Crippen molar-refractivity contribution in [3.8, 4) is 5.75 Å². The van der Waals surface area contributed by atoms with Crippen LogP contribution in [-0.4, -0.2) is 17.9 Å². The molecule has 0 aliphatic heterocycles. The van der Waals surface area contributed by atoms with Gasteiger partial charge in [-0.25, -0.2) is 0 Å². The third-order valence-electron chi connectivity index (χ3n) is 3.40. The van der Waals surface area contributed by atoms with Crippen molar-refractivity contribution in [1.29, 1.82) is 0 Å². The van der Waals surface area contributed by atoms with Crippen molar-refractivity contribution < 1.29 is 23.0 Å². The number of benzene rings is 2. The van der Waals surface area contributed by atoms with E-state index >= 15 is 0 Å². The lowest BCUT2D eigenvalue weighted by atomic mass is 9.90. The highest BCUT2D eigenvalue weighted by Crippen LogP contribution is 2.41. The Morgan fingerprint density at radius 1 is 1.14 bits per heavy atom. The van der Waals surface area contributed by atoms with E-state index in [9.17, 15) is 18.3 Å². The lowest BCUT2D eigenvalue weighted by molar-refractivity contribution is -0.258. The minimum atomic E-state index is -4.75. The zero-order valence-corrected chi connectivity index (χ0v) is 11.9. The van der Waals surface area contributed by atoms with E-state index in [2.05, 4.69) is 0 Å². The van der Waals surface area contributed by atoms with E-state index in [4.69, 9.17) is 4.74 Å². The molecule has 5 heteroatoms. The molecule has 2 aromatic carbocycles. The van der Waals surface area contributed by atoms with Gasteiger partial charge in [0.15, 0.2) is 5.60 Å². The van der Waals surface area contributed by atoms with Crippen molar-refractivity contribution in [1.82, 2.24) is 0 Å². The van der Waals surface area contributed by atoms with Gasteiger partial charge in [-0.2, -0.15) is 13.2 Å². The first-order chi connectivity index (χ1) is 9.77. The Hall–Kier alpha value is -1.75. The van der Waals surface area contributed by atoms with Crippen LogP contribution in [0.5, 0.6) is 5.75 Å². The van der Waals surface area contributed by atoms with Crippen molar-refractivity contribution in [2.45, 2.75) is 32.0 Å². The number of rotatable bonds is 4. The maximum atomic E-state index is 13.1. The SMILES string of the molecule is CCCOc1ccc2cccc(C(C)(O)C(F)(F)F)c2c1. The molecule has 0 spiro atoms. The number of ether oxygens (including phenoxy) is 1. The Balaban J connectivity index is 2.58. The molecular weight excluding hydrogens is 281 g/mol. The Bertz CT molecular complexity index is 633. The number of alkyl halides is 3. The summed E-state index contributed by atoms with van der Waals surface area (Å²) < 4.78 is 44.7. The highest BCUT2D eigenvalue weighted by molar-refractivity contribution is 5.87. The molecule has 1 N–H and O–H groups in total. The molecule has 0 amide bonds. The molecule has 0 radical (unpaired) electrons. The molecule has 2 rings (SSSR count). The summed E-state index contributed by atoms with van der Waals surface area (Å²) in [6, 6.07) is 9.44. The molecule has 0 bridgehead atoms. The van der Waals surface area contributed by atoms with Crippen LogP contribution in [0.2, 0.25) is 0 Å². The summed E-state index contributed by atoms with van der Waals surface area (Å²) in [7, 11) is 0. The van der Waals surface area contributed by atoms with Gasteiger partial charge in [-0.1, -0.05) is 31.2 Å². The fourth-order valence-electron chi connectivity index (χ4n) is 2.14. The Morgan fingerprint density at radius 3 is 2.48 bits per heavy atom. The highest BCUT2D eigenvalue weighted by atomic mass is 19.4. The summed E-state index contributed by atoms with van der Waals surface area (Å²) in [4.78, 5) is 0. The van der Waals surface area contributed by atoms with Gasteiger partial charge in [0.05, 0.1) is 6.61 Å². The van der Waals surface area contributed by atoms with Crippen LogP contribution < -0.4 is 4.74 Å². The van der Waals surface area contributed by atoms with E-state index in [-0.39, 0.29) is 5.56 Å². The van der Waals surface area contributed by atoms with Gasteiger partial charge in [-0.05, 0) is 36.2 Å². The fourth-order valence-corrected chi connectivity index (χ4v) is 2.14. The van der Waals surface area contributed by atoms with Crippen LogP contribution in [0.4, 0.5) is 13.2 Å². The van der Waals surface area contributed by atoms with Crippen LogP contribution in [0, 0.1) is 0 Å². The fraction of sp³-hybridized carbons (Fsp3) is 0.375. The summed E-state index contributed by atoms with van der Waals surface area (Å²) in [6.07, 6.45) is -3.94. The molecule has 1 atom stereocenters. The molecule has 1 unspecified atom stereocenters. The Kier molecular flexibility index (Phi) is 4.14. The van der Waals surface area contributed by atoms with Gasteiger partial charge in [0.25, 0.3) is 0 Å². The van der Waals surface area contributed by atoms with Crippen molar-refractivity contribution in [3.05, 3.63) is 42.0 Å². The van der Waals surface area contributed by atoms with Crippen LogP contribution in [0.3, 0.4) is 0 Å². The van der Waals surface area contributed by atoms with Crippen molar-refractivity contribution in [2.24, 2.45) is 0 Å². The van der Waals surface area contributed by atoms with Gasteiger partial charge in [0.2, 0.25) is 0 Å². The molecule has 0 aliphatic carbocycles. The predicted molar refractivity (Wildman–Crippen MR) is 75.4 cm³/mol. The first-order valence-corrected chi connectivity index (χ1v) is 6.72. The molecule has 0 aliphatic rings. The second kappa shape index (κ2) is 5.56. The van der Waals surface area contributed by atoms with Crippen molar-refractivity contribution in [2.75, 3.05) is 6.61 Å². The number of fused-ring (bicyclic) bond motifs is 1. The van der Waals surface area contributed by atoms with E-state index in [1.54, 1.807) is 24.3 Å². The number of hydrogen-bond acceptors (Lipinski definition) is 2. The largest absolute Gasteiger partial charge is 0.494 e. The molecule has 2 nitrogen and oxygen atoms in total. The summed E-state index contributed by atoms with van der Waals surface area (Å²) in [5.41, 5.74) is -3.08. The van der Waals surface area contributed by atoms with Gasteiger partial charge >= 0.3 is 6.18 Å². The lowest BCUT2D eigenvalue weighted by Crippen LogP contribution is -2.39. The summed E-state index contributed by atoms with van der Waals surface area (Å²) in [5.74, 6) is 0.495. The summed E-state index contributed by atoms with van der Waals surface area (Å²) >= 11 is 0. The van der Waals surface area contributed by atoms with E-state index in [1.165, 1.54) is 12.1 Å². The molecule has 0 saturated carbocycles. The third kappa shape index (κ3) is 2.97. The highest BCUT2D eigenvalue weighted by Gasteiger charge is 2.51. The predicted octanol–water partition coefficient (Wildman–Crippen LogP) is 4.40. The van der Waals surface area contributed by atoms with Gasteiger partial charge in [-0.3, -0.25) is 0 Å². The molecular formula is C16H17F3O2. The summed E-state index contributed by atoms with van der Waals surface area (Å²) in [5, 5.41) is 10.9. The van der Waals surface area contributed by atoms with E-state index in [0.29, 0.717) is 23.1 Å². The molecule has 21 heavy (non-hydrogen) atoms. The van der Waals surface area contributed by atoms with Crippen molar-refractivity contribution in [3.63, 3.8) is 0 Å². The van der Waals surface area contributed by atoms with Gasteiger partial charge in [0.1, 0.15) is 5.75 Å². The summed E-state index contributed by atoms with van der Waals surface area (Å²) in [6.45, 7) is 3.20. The zero-order valence-electron chi connectivity index (χ0n) is 11.9. The van der Waals surface area contributed by atoms with Gasteiger partial charge < -0.3 is 9.84 Å². The second-order valence-electron chi connectivity index (χ2n) is 5.11. The molecule has 0 heterocycles. The van der Waals surface area contributed by atoms with Gasteiger partial charge in [-0.15, -0.1) is 0 Å². The van der Waals surface area contributed by atoms with Gasteiger partial charge in [0, 0.05) is 5.56 Å². The van der Waals surface area contributed by atoms with E-state index in [0.717, 1.165) is 13.3 Å². The lowest BCUT2D eigenvalue weighted by Gasteiger charge is -2.28. The average Bonchev–Trinajstić information content (AvgIpc) is 2.43. The van der Waals surface area contributed by atoms with E-state index < -0.39 is 11.8 Å². The zero-order chi connectivity index (χ0) is 15.7. The normalized spacial score (nSPS) is 15.0. The molecule has 0 aromatic heterocycles. The standard InChI is InChI=1S/C16H17F3O2/c1-3-9-21-12-8-7-11-5-4-6-14(13(11)10-12)15(2,20)16(17,18)19/h4-8,10,20H,3,9H2,1-2H3.